The van der Waals surface area contributed by atoms with Crippen molar-refractivity contribution >= 4 is 5.97 Å². The highest BCUT2D eigenvalue weighted by molar-refractivity contribution is 5.70. The maximum absolute atomic E-state index is 11.0. The van der Waals surface area contributed by atoms with Gasteiger partial charge in [-0.15, -0.1) is 0 Å². The van der Waals surface area contributed by atoms with E-state index in [1.165, 1.54) is 19.3 Å². The summed E-state index contributed by atoms with van der Waals surface area (Å²) in [5.41, 5.74) is 0. The zero-order valence-corrected chi connectivity index (χ0v) is 10.1. The summed E-state index contributed by atoms with van der Waals surface area (Å²) < 4.78 is 0. The van der Waals surface area contributed by atoms with Crippen LogP contribution in [-0.2, 0) is 4.79 Å². The maximum atomic E-state index is 11.0. The van der Waals surface area contributed by atoms with Crippen molar-refractivity contribution < 1.29 is 9.90 Å². The Kier molecular flexibility index (Phi) is 3.85. The van der Waals surface area contributed by atoms with Crippen molar-refractivity contribution in [1.29, 1.82) is 0 Å². The molecule has 0 aromatic heterocycles. The fraction of sp³-hybridized carbons (Fsp3) is 0.923. The molecule has 92 valence electrons. The van der Waals surface area contributed by atoms with E-state index in [2.05, 4.69) is 12.2 Å². The Labute approximate surface area is 97.6 Å². The van der Waals surface area contributed by atoms with Gasteiger partial charge < -0.3 is 10.4 Å². The molecule has 0 saturated heterocycles. The maximum Gasteiger partial charge on any atom is 0.306 e. The summed E-state index contributed by atoms with van der Waals surface area (Å²) in [6.07, 6.45) is 7.80. The van der Waals surface area contributed by atoms with Crippen LogP contribution in [0.3, 0.4) is 0 Å². The standard InChI is InChI=1S/C13H23NO2/c1-9-5-6-12(7-9)14-11-4-2-3-10(8-11)13(15)16/h9-12,14H,2-8H2,1H3,(H,15,16). The monoisotopic (exact) mass is 225 g/mol. The molecule has 2 aliphatic rings. The van der Waals surface area contributed by atoms with Gasteiger partial charge in [0.25, 0.3) is 0 Å². The molecule has 0 aromatic carbocycles. The first-order valence-corrected chi connectivity index (χ1v) is 6.64. The second-order valence-electron chi connectivity index (χ2n) is 5.68. The molecular weight excluding hydrogens is 202 g/mol. The van der Waals surface area contributed by atoms with Gasteiger partial charge in [0.1, 0.15) is 0 Å². The third-order valence-corrected chi connectivity index (χ3v) is 4.19. The van der Waals surface area contributed by atoms with Gasteiger partial charge in [0.15, 0.2) is 0 Å². The van der Waals surface area contributed by atoms with Gasteiger partial charge in [0.05, 0.1) is 5.92 Å². The zero-order valence-electron chi connectivity index (χ0n) is 10.1. The normalized spacial score (nSPS) is 39.8. The second kappa shape index (κ2) is 5.17. The highest BCUT2D eigenvalue weighted by atomic mass is 16.4. The van der Waals surface area contributed by atoms with E-state index in [9.17, 15) is 4.79 Å². The molecule has 4 unspecified atom stereocenters. The van der Waals surface area contributed by atoms with Crippen LogP contribution in [0.15, 0.2) is 0 Å². The molecule has 0 radical (unpaired) electrons. The molecule has 0 heterocycles. The van der Waals surface area contributed by atoms with Crippen LogP contribution in [0.5, 0.6) is 0 Å². The molecule has 2 saturated carbocycles. The Hall–Kier alpha value is -0.570. The SMILES string of the molecule is CC1CCC(NC2CCCC(C(=O)O)C2)C1. The molecule has 0 spiro atoms. The van der Waals surface area contributed by atoms with Crippen molar-refractivity contribution in [3.05, 3.63) is 0 Å². The highest BCUT2D eigenvalue weighted by Crippen LogP contribution is 2.29. The lowest BCUT2D eigenvalue weighted by atomic mass is 9.85. The van der Waals surface area contributed by atoms with Crippen LogP contribution in [0.4, 0.5) is 0 Å². The number of carbonyl (C=O) groups is 1. The van der Waals surface area contributed by atoms with Gasteiger partial charge in [0.2, 0.25) is 0 Å². The van der Waals surface area contributed by atoms with Crippen molar-refractivity contribution in [2.24, 2.45) is 11.8 Å². The third-order valence-electron chi connectivity index (χ3n) is 4.19. The van der Waals surface area contributed by atoms with Crippen molar-refractivity contribution in [3.8, 4) is 0 Å². The largest absolute Gasteiger partial charge is 0.481 e. The molecule has 0 amide bonds. The third kappa shape index (κ3) is 2.97. The average Bonchev–Trinajstić information content (AvgIpc) is 2.64. The van der Waals surface area contributed by atoms with E-state index in [1.54, 1.807) is 0 Å². The molecule has 2 aliphatic carbocycles. The minimum absolute atomic E-state index is 0.106. The van der Waals surface area contributed by atoms with E-state index in [4.69, 9.17) is 5.11 Å². The smallest absolute Gasteiger partial charge is 0.306 e. The molecule has 16 heavy (non-hydrogen) atoms. The Morgan fingerprint density at radius 3 is 2.50 bits per heavy atom. The average molecular weight is 225 g/mol. The highest BCUT2D eigenvalue weighted by Gasteiger charge is 2.29. The van der Waals surface area contributed by atoms with Crippen molar-refractivity contribution in [1.82, 2.24) is 5.32 Å². The molecule has 2 rings (SSSR count). The fourth-order valence-electron chi connectivity index (χ4n) is 3.26. The van der Waals surface area contributed by atoms with E-state index in [1.807, 2.05) is 0 Å². The number of aliphatic carboxylic acids is 1. The van der Waals surface area contributed by atoms with Gasteiger partial charge in [-0.25, -0.2) is 0 Å². The number of nitrogens with one attached hydrogen (secondary N) is 1. The van der Waals surface area contributed by atoms with Crippen LogP contribution >= 0.6 is 0 Å². The van der Waals surface area contributed by atoms with Gasteiger partial charge in [-0.1, -0.05) is 13.3 Å². The van der Waals surface area contributed by atoms with Gasteiger partial charge in [-0.05, 0) is 44.4 Å². The lowest BCUT2D eigenvalue weighted by molar-refractivity contribution is -0.143. The van der Waals surface area contributed by atoms with Gasteiger partial charge in [-0.2, -0.15) is 0 Å². The quantitative estimate of drug-likeness (QED) is 0.775. The summed E-state index contributed by atoms with van der Waals surface area (Å²) in [5.74, 6) is 0.132. The summed E-state index contributed by atoms with van der Waals surface area (Å²) in [6.45, 7) is 2.31. The van der Waals surface area contributed by atoms with Crippen LogP contribution in [0.2, 0.25) is 0 Å². The minimum Gasteiger partial charge on any atom is -0.481 e. The number of hydrogen-bond donors (Lipinski definition) is 2. The van der Waals surface area contributed by atoms with E-state index in [-0.39, 0.29) is 5.92 Å². The molecule has 2 fully saturated rings. The molecule has 3 nitrogen and oxygen atoms in total. The van der Waals surface area contributed by atoms with Crippen LogP contribution in [0.1, 0.15) is 51.9 Å². The van der Waals surface area contributed by atoms with Crippen molar-refractivity contribution in [3.63, 3.8) is 0 Å². The first kappa shape index (κ1) is 11.9. The fourth-order valence-corrected chi connectivity index (χ4v) is 3.26. The summed E-state index contributed by atoms with van der Waals surface area (Å²) in [7, 11) is 0. The molecule has 0 aromatic rings. The molecule has 3 heteroatoms. The lowest BCUT2D eigenvalue weighted by Crippen LogP contribution is -2.41. The molecule has 0 aliphatic heterocycles. The Morgan fingerprint density at radius 2 is 1.88 bits per heavy atom. The Bertz CT molecular complexity index is 254. The van der Waals surface area contributed by atoms with Gasteiger partial charge >= 0.3 is 5.97 Å². The van der Waals surface area contributed by atoms with Crippen molar-refractivity contribution in [2.75, 3.05) is 0 Å². The number of carboxylic acids is 1. The zero-order chi connectivity index (χ0) is 11.5. The van der Waals surface area contributed by atoms with E-state index in [0.29, 0.717) is 12.1 Å². The van der Waals surface area contributed by atoms with Gasteiger partial charge in [-0.3, -0.25) is 4.79 Å². The summed E-state index contributed by atoms with van der Waals surface area (Å²) >= 11 is 0. The first-order chi connectivity index (χ1) is 7.65. The predicted octanol–water partition coefficient (Wildman–Crippen LogP) is 2.41. The molecule has 0 bridgehead atoms. The van der Waals surface area contributed by atoms with E-state index in [0.717, 1.165) is 31.6 Å². The Morgan fingerprint density at radius 1 is 1.12 bits per heavy atom. The van der Waals surface area contributed by atoms with Crippen LogP contribution < -0.4 is 5.32 Å². The van der Waals surface area contributed by atoms with E-state index < -0.39 is 5.97 Å². The summed E-state index contributed by atoms with van der Waals surface area (Å²) in [4.78, 5) is 11.0. The topological polar surface area (TPSA) is 49.3 Å². The molecular formula is C13H23NO2. The number of rotatable bonds is 3. The predicted molar refractivity (Wildman–Crippen MR) is 63.3 cm³/mol. The molecule has 2 N–H and O–H groups in total. The van der Waals surface area contributed by atoms with Crippen LogP contribution in [0.25, 0.3) is 0 Å². The molecule has 4 atom stereocenters. The van der Waals surface area contributed by atoms with Crippen LogP contribution in [0, 0.1) is 11.8 Å². The minimum atomic E-state index is -0.605. The number of hydrogen-bond acceptors (Lipinski definition) is 2. The summed E-state index contributed by atoms with van der Waals surface area (Å²) in [6, 6.07) is 1.10. The first-order valence-electron chi connectivity index (χ1n) is 6.64. The number of carboxylic acid groups (broad SMARTS) is 1. The van der Waals surface area contributed by atoms with Crippen LogP contribution in [-0.4, -0.2) is 23.2 Å². The Balaban J connectivity index is 1.79. The van der Waals surface area contributed by atoms with Gasteiger partial charge in [0, 0.05) is 12.1 Å². The lowest BCUT2D eigenvalue weighted by Gasteiger charge is -2.30. The second-order valence-corrected chi connectivity index (χ2v) is 5.68. The van der Waals surface area contributed by atoms with Crippen molar-refractivity contribution in [2.45, 2.75) is 64.0 Å². The van der Waals surface area contributed by atoms with E-state index >= 15 is 0 Å². The summed E-state index contributed by atoms with van der Waals surface area (Å²) in [5, 5.41) is 12.7.